The van der Waals surface area contributed by atoms with Gasteiger partial charge in [-0.2, -0.15) is 13.2 Å². The molecule has 1 atom stereocenters. The molecule has 1 heterocycles. The molecule has 0 spiro atoms. The van der Waals surface area contributed by atoms with E-state index in [1.807, 2.05) is 24.3 Å². The molecule has 0 aromatic heterocycles. The van der Waals surface area contributed by atoms with Gasteiger partial charge in [0.2, 0.25) is 0 Å². The number of nitrogens with one attached hydrogen (secondary N) is 1. The maximum absolute atomic E-state index is 12.6. The van der Waals surface area contributed by atoms with E-state index in [1.165, 1.54) is 24.3 Å². The lowest BCUT2D eigenvalue weighted by Crippen LogP contribution is -2.43. The molecule has 0 saturated carbocycles. The molecule has 1 saturated heterocycles. The van der Waals surface area contributed by atoms with E-state index in [2.05, 4.69) is 10.2 Å². The number of rotatable bonds is 7. The molecule has 1 N–H and O–H groups in total. The van der Waals surface area contributed by atoms with Crippen molar-refractivity contribution in [2.75, 3.05) is 40.0 Å². The lowest BCUT2D eigenvalue weighted by Gasteiger charge is -2.35. The predicted octanol–water partition coefficient (Wildman–Crippen LogP) is 4.11. The molecule has 1 aliphatic heterocycles. The molecular weight excluding hydrogens is 417 g/mol. The van der Waals surface area contributed by atoms with Crippen LogP contribution in [0.15, 0.2) is 53.4 Å². The molecule has 3 rings (SSSR count). The van der Waals surface area contributed by atoms with Crippen LogP contribution in [0.1, 0.15) is 22.0 Å². The molecule has 2 aromatic rings. The maximum Gasteiger partial charge on any atom is 0.446 e. The molecule has 0 aliphatic carbocycles. The van der Waals surface area contributed by atoms with Crippen molar-refractivity contribution < 1.29 is 27.4 Å². The third kappa shape index (κ3) is 6.38. The number of hydrogen-bond donors (Lipinski definition) is 1. The van der Waals surface area contributed by atoms with Crippen molar-refractivity contribution in [1.82, 2.24) is 10.2 Å². The van der Waals surface area contributed by atoms with Crippen molar-refractivity contribution in [2.24, 2.45) is 0 Å². The topological polar surface area (TPSA) is 50.8 Å². The summed E-state index contributed by atoms with van der Waals surface area (Å²) in [5.74, 6) is 0.422. The van der Waals surface area contributed by atoms with Gasteiger partial charge in [0.15, 0.2) is 0 Å². The molecule has 0 unspecified atom stereocenters. The third-order valence-corrected chi connectivity index (χ3v) is 5.53. The Hall–Kier alpha value is -2.23. The second-order valence-corrected chi connectivity index (χ2v) is 7.86. The number of amides is 1. The number of methoxy groups -OCH3 is 1. The summed E-state index contributed by atoms with van der Waals surface area (Å²) in [7, 11) is 1.60. The Bertz CT molecular complexity index is 823. The molecule has 1 fully saturated rings. The fourth-order valence-electron chi connectivity index (χ4n) is 3.27. The van der Waals surface area contributed by atoms with Gasteiger partial charge in [0.1, 0.15) is 5.75 Å². The van der Waals surface area contributed by atoms with Crippen molar-refractivity contribution >= 4 is 17.7 Å². The number of benzene rings is 2. The highest BCUT2D eigenvalue weighted by molar-refractivity contribution is 8.00. The fraction of sp³-hybridized carbons (Fsp3) is 0.381. The van der Waals surface area contributed by atoms with E-state index in [0.29, 0.717) is 25.3 Å². The smallest absolute Gasteiger partial charge is 0.446 e. The van der Waals surface area contributed by atoms with E-state index in [4.69, 9.17) is 9.47 Å². The van der Waals surface area contributed by atoms with Crippen LogP contribution in [0, 0.1) is 0 Å². The number of carbonyl (C=O) groups excluding carboxylic acids is 1. The Morgan fingerprint density at radius 1 is 1.13 bits per heavy atom. The first kappa shape index (κ1) is 22.5. The standard InChI is InChI=1S/C21H23F3N2O3S/c1-28-17-6-2-15(3-7-17)19(26-10-12-29-13-11-26)14-25-20(27)16-4-8-18(9-5-16)30-21(22,23)24/h2-9,19H,10-14H2,1H3,(H,25,27)/t19-/m1/s1. The second kappa shape index (κ2) is 10.2. The normalized spacial score (nSPS) is 16.1. The van der Waals surface area contributed by atoms with E-state index in [-0.39, 0.29) is 28.6 Å². The predicted molar refractivity (Wildman–Crippen MR) is 109 cm³/mol. The number of thioether (sulfide) groups is 1. The Kier molecular flexibility index (Phi) is 7.63. The van der Waals surface area contributed by atoms with Gasteiger partial charge in [-0.05, 0) is 53.7 Å². The highest BCUT2D eigenvalue weighted by Gasteiger charge is 2.29. The lowest BCUT2D eigenvalue weighted by molar-refractivity contribution is -0.0328. The minimum Gasteiger partial charge on any atom is -0.497 e. The fourth-order valence-corrected chi connectivity index (χ4v) is 3.81. The number of hydrogen-bond acceptors (Lipinski definition) is 5. The van der Waals surface area contributed by atoms with Crippen LogP contribution in [0.3, 0.4) is 0 Å². The summed E-state index contributed by atoms with van der Waals surface area (Å²) in [5, 5.41) is 2.91. The molecule has 30 heavy (non-hydrogen) atoms. The molecule has 1 amide bonds. The zero-order chi connectivity index (χ0) is 21.6. The average molecular weight is 440 g/mol. The quantitative estimate of drug-likeness (QED) is 0.657. The second-order valence-electron chi connectivity index (χ2n) is 6.72. The SMILES string of the molecule is COc1ccc([C@@H](CNC(=O)c2ccc(SC(F)(F)F)cc2)N2CCOCC2)cc1. The minimum absolute atomic E-state index is 0.0449. The van der Waals surface area contributed by atoms with E-state index in [9.17, 15) is 18.0 Å². The highest BCUT2D eigenvalue weighted by Crippen LogP contribution is 2.36. The molecule has 0 bridgehead atoms. The van der Waals surface area contributed by atoms with Crippen LogP contribution in [-0.4, -0.2) is 56.3 Å². The first-order valence-electron chi connectivity index (χ1n) is 9.45. The Balaban J connectivity index is 1.67. The van der Waals surface area contributed by atoms with Gasteiger partial charge in [-0.15, -0.1) is 0 Å². The van der Waals surface area contributed by atoms with E-state index < -0.39 is 5.51 Å². The summed E-state index contributed by atoms with van der Waals surface area (Å²) in [5.41, 5.74) is -3.00. The van der Waals surface area contributed by atoms with Gasteiger partial charge in [-0.3, -0.25) is 9.69 Å². The Labute approximate surface area is 177 Å². The molecule has 0 radical (unpaired) electrons. The molecule has 5 nitrogen and oxygen atoms in total. The van der Waals surface area contributed by atoms with Crippen LogP contribution in [0.25, 0.3) is 0 Å². The van der Waals surface area contributed by atoms with Gasteiger partial charge in [0, 0.05) is 30.1 Å². The average Bonchev–Trinajstić information content (AvgIpc) is 2.74. The zero-order valence-electron chi connectivity index (χ0n) is 16.4. The molecule has 9 heteroatoms. The number of halogens is 3. The van der Waals surface area contributed by atoms with Crippen LogP contribution >= 0.6 is 11.8 Å². The van der Waals surface area contributed by atoms with Crippen LogP contribution in [0.4, 0.5) is 13.2 Å². The lowest BCUT2D eigenvalue weighted by atomic mass is 10.0. The number of carbonyl (C=O) groups is 1. The number of morpholine rings is 1. The van der Waals surface area contributed by atoms with Crippen molar-refractivity contribution in [1.29, 1.82) is 0 Å². The first-order chi connectivity index (χ1) is 14.4. The van der Waals surface area contributed by atoms with E-state index in [1.54, 1.807) is 7.11 Å². The van der Waals surface area contributed by atoms with Gasteiger partial charge in [-0.25, -0.2) is 0 Å². The summed E-state index contributed by atoms with van der Waals surface area (Å²) in [6.45, 7) is 3.11. The third-order valence-electron chi connectivity index (χ3n) is 4.79. The number of ether oxygens (including phenoxy) is 2. The first-order valence-corrected chi connectivity index (χ1v) is 10.3. The summed E-state index contributed by atoms with van der Waals surface area (Å²) in [4.78, 5) is 14.8. The largest absolute Gasteiger partial charge is 0.497 e. The van der Waals surface area contributed by atoms with Crippen molar-refractivity contribution in [3.63, 3.8) is 0 Å². The summed E-state index contributed by atoms with van der Waals surface area (Å²) >= 11 is -0.202. The van der Waals surface area contributed by atoms with Crippen molar-refractivity contribution in [2.45, 2.75) is 16.4 Å². The zero-order valence-corrected chi connectivity index (χ0v) is 17.3. The molecule has 1 aliphatic rings. The van der Waals surface area contributed by atoms with Crippen molar-refractivity contribution in [3.8, 4) is 5.75 Å². The van der Waals surface area contributed by atoms with E-state index in [0.717, 1.165) is 24.4 Å². The van der Waals surface area contributed by atoms with Crippen molar-refractivity contribution in [3.05, 3.63) is 59.7 Å². The molecule has 2 aromatic carbocycles. The number of alkyl halides is 3. The van der Waals surface area contributed by atoms with Crippen LogP contribution in [0.2, 0.25) is 0 Å². The summed E-state index contributed by atoms with van der Waals surface area (Å²) in [6.07, 6.45) is 0. The highest BCUT2D eigenvalue weighted by atomic mass is 32.2. The minimum atomic E-state index is -4.35. The molecule has 162 valence electrons. The summed E-state index contributed by atoms with van der Waals surface area (Å²) < 4.78 is 48.0. The van der Waals surface area contributed by atoms with Crippen LogP contribution in [-0.2, 0) is 4.74 Å². The van der Waals surface area contributed by atoms with Gasteiger partial charge < -0.3 is 14.8 Å². The maximum atomic E-state index is 12.6. The van der Waals surface area contributed by atoms with Gasteiger partial charge in [0.25, 0.3) is 5.91 Å². The van der Waals surface area contributed by atoms with Gasteiger partial charge in [0.05, 0.1) is 26.4 Å². The van der Waals surface area contributed by atoms with Crippen LogP contribution in [0.5, 0.6) is 5.75 Å². The van der Waals surface area contributed by atoms with Gasteiger partial charge in [-0.1, -0.05) is 12.1 Å². The Morgan fingerprint density at radius 2 is 1.77 bits per heavy atom. The summed E-state index contributed by atoms with van der Waals surface area (Å²) in [6, 6.07) is 13.0. The molecular formula is C21H23F3N2O3S. The number of nitrogens with zero attached hydrogens (tertiary/aromatic N) is 1. The monoisotopic (exact) mass is 440 g/mol. The van der Waals surface area contributed by atoms with Gasteiger partial charge >= 0.3 is 5.51 Å². The Morgan fingerprint density at radius 3 is 2.33 bits per heavy atom. The van der Waals surface area contributed by atoms with Crippen LogP contribution < -0.4 is 10.1 Å². The van der Waals surface area contributed by atoms with E-state index >= 15 is 0 Å².